The summed E-state index contributed by atoms with van der Waals surface area (Å²) >= 11 is 0. The van der Waals surface area contributed by atoms with Crippen LogP contribution in [0.3, 0.4) is 0 Å². The van der Waals surface area contributed by atoms with Crippen LogP contribution in [0.15, 0.2) is 48.5 Å². The maximum atomic E-state index is 13.9. The van der Waals surface area contributed by atoms with E-state index in [2.05, 4.69) is 11.2 Å². The third-order valence-electron chi connectivity index (χ3n) is 3.37. The Morgan fingerprint density at radius 2 is 1.92 bits per heavy atom. The Labute approximate surface area is 139 Å². The lowest BCUT2D eigenvalue weighted by atomic mass is 10.1. The number of methoxy groups -OCH3 is 1. The van der Waals surface area contributed by atoms with E-state index >= 15 is 0 Å². The predicted octanol–water partition coefficient (Wildman–Crippen LogP) is 3.31. The molecule has 0 unspecified atom stereocenters. The number of hydrogen-bond donors (Lipinski definition) is 1. The van der Waals surface area contributed by atoms with Crippen molar-refractivity contribution in [2.45, 2.75) is 19.4 Å². The fourth-order valence-electron chi connectivity index (χ4n) is 2.00. The number of ether oxygens (including phenoxy) is 1. The van der Waals surface area contributed by atoms with Crippen LogP contribution in [0.25, 0.3) is 0 Å². The van der Waals surface area contributed by atoms with Crippen LogP contribution in [0.2, 0.25) is 0 Å². The summed E-state index contributed by atoms with van der Waals surface area (Å²) in [6.07, 6.45) is 0. The average Bonchev–Trinajstić information content (AvgIpc) is 2.59. The number of benzene rings is 2. The summed E-state index contributed by atoms with van der Waals surface area (Å²) in [7, 11) is 1.52. The van der Waals surface area contributed by atoms with Crippen LogP contribution in [0.4, 0.5) is 8.78 Å². The molecule has 2 aromatic carbocycles. The molecule has 5 heteroatoms. The molecule has 0 saturated heterocycles. The zero-order chi connectivity index (χ0) is 17.6. The van der Waals surface area contributed by atoms with Gasteiger partial charge in [-0.2, -0.15) is 8.78 Å². The number of nitrogens with one attached hydrogen (secondary N) is 1. The minimum Gasteiger partial charge on any atom is -0.497 e. The number of carbonyl (C=O) groups is 1. The molecule has 0 radical (unpaired) electrons. The smallest absolute Gasteiger partial charge is 0.385 e. The largest absolute Gasteiger partial charge is 0.497 e. The van der Waals surface area contributed by atoms with E-state index in [1.807, 2.05) is 6.07 Å². The van der Waals surface area contributed by atoms with Gasteiger partial charge in [0.15, 0.2) is 0 Å². The zero-order valence-corrected chi connectivity index (χ0v) is 13.4. The van der Waals surface area contributed by atoms with Crippen LogP contribution in [0.5, 0.6) is 5.75 Å². The van der Waals surface area contributed by atoms with Gasteiger partial charge >= 0.3 is 11.8 Å². The summed E-state index contributed by atoms with van der Waals surface area (Å²) in [6, 6.07) is 13.7. The zero-order valence-electron chi connectivity index (χ0n) is 13.4. The fraction of sp³-hybridized carbons (Fsp3) is 0.211. The van der Waals surface area contributed by atoms with Gasteiger partial charge in [0, 0.05) is 12.1 Å². The Hall–Kier alpha value is -2.87. The Balaban J connectivity index is 2.06. The van der Waals surface area contributed by atoms with E-state index in [1.165, 1.54) is 7.11 Å². The molecule has 0 atom stereocenters. The van der Waals surface area contributed by atoms with Crippen molar-refractivity contribution >= 4 is 5.91 Å². The van der Waals surface area contributed by atoms with E-state index in [4.69, 9.17) is 4.74 Å². The predicted molar refractivity (Wildman–Crippen MR) is 87.8 cm³/mol. The van der Waals surface area contributed by atoms with Gasteiger partial charge in [0.25, 0.3) is 0 Å². The lowest BCUT2D eigenvalue weighted by molar-refractivity contribution is -0.138. The van der Waals surface area contributed by atoms with Crippen molar-refractivity contribution in [2.75, 3.05) is 7.11 Å². The molecule has 124 valence electrons. The van der Waals surface area contributed by atoms with E-state index in [9.17, 15) is 13.6 Å². The van der Waals surface area contributed by atoms with Crippen LogP contribution in [-0.4, -0.2) is 18.9 Å². The summed E-state index contributed by atoms with van der Waals surface area (Å²) in [5.74, 6) is -0.438. The lowest BCUT2D eigenvalue weighted by Crippen LogP contribution is -2.38. The molecule has 0 spiro atoms. The molecular weight excluding hydrogens is 312 g/mol. The van der Waals surface area contributed by atoms with Gasteiger partial charge in [0.1, 0.15) is 5.75 Å². The molecule has 0 aliphatic heterocycles. The van der Waals surface area contributed by atoms with Crippen LogP contribution in [0.1, 0.15) is 16.7 Å². The van der Waals surface area contributed by atoms with Crippen LogP contribution >= 0.6 is 0 Å². The molecule has 0 aromatic heterocycles. The van der Waals surface area contributed by atoms with Gasteiger partial charge in [-0.3, -0.25) is 4.79 Å². The molecule has 0 heterocycles. The molecule has 1 amide bonds. The maximum Gasteiger partial charge on any atom is 0.385 e. The van der Waals surface area contributed by atoms with Crippen molar-refractivity contribution in [2.24, 2.45) is 0 Å². The molecule has 24 heavy (non-hydrogen) atoms. The van der Waals surface area contributed by atoms with Gasteiger partial charge in [0.2, 0.25) is 0 Å². The quantitative estimate of drug-likeness (QED) is 0.874. The Morgan fingerprint density at radius 3 is 2.54 bits per heavy atom. The van der Waals surface area contributed by atoms with E-state index in [1.54, 1.807) is 55.3 Å². The average molecular weight is 329 g/mol. The first-order valence-electron chi connectivity index (χ1n) is 7.30. The SMILES string of the molecule is COc1ccc(C#CC(F)(F)C(=O)NCc2ccccc2)c(C)c1. The van der Waals surface area contributed by atoms with Crippen molar-refractivity contribution < 1.29 is 18.3 Å². The Morgan fingerprint density at radius 1 is 1.21 bits per heavy atom. The fourth-order valence-corrected chi connectivity index (χ4v) is 2.00. The monoisotopic (exact) mass is 329 g/mol. The first-order chi connectivity index (χ1) is 11.4. The molecule has 0 bridgehead atoms. The summed E-state index contributed by atoms with van der Waals surface area (Å²) in [4.78, 5) is 11.7. The van der Waals surface area contributed by atoms with Crippen molar-refractivity contribution in [3.63, 3.8) is 0 Å². The molecule has 2 rings (SSSR count). The number of alkyl halides is 2. The van der Waals surface area contributed by atoms with Crippen molar-refractivity contribution in [1.82, 2.24) is 5.32 Å². The summed E-state index contributed by atoms with van der Waals surface area (Å²) in [6.45, 7) is 1.76. The molecule has 0 fully saturated rings. The second kappa shape index (κ2) is 7.60. The van der Waals surface area contributed by atoms with Gasteiger partial charge < -0.3 is 10.1 Å². The molecule has 3 nitrogen and oxygen atoms in total. The molecule has 0 aliphatic rings. The molecule has 2 aromatic rings. The van der Waals surface area contributed by atoms with Crippen LogP contribution in [0, 0.1) is 18.8 Å². The van der Waals surface area contributed by atoms with Gasteiger partial charge in [-0.15, -0.1) is 0 Å². The highest BCUT2D eigenvalue weighted by atomic mass is 19.3. The Kier molecular flexibility index (Phi) is 5.54. The highest BCUT2D eigenvalue weighted by Gasteiger charge is 2.36. The van der Waals surface area contributed by atoms with Crippen molar-refractivity contribution in [1.29, 1.82) is 0 Å². The van der Waals surface area contributed by atoms with E-state index in [-0.39, 0.29) is 6.54 Å². The second-order valence-corrected chi connectivity index (χ2v) is 5.17. The second-order valence-electron chi connectivity index (χ2n) is 5.17. The molecular formula is C19H17F2NO2. The van der Waals surface area contributed by atoms with Gasteiger partial charge in [-0.25, -0.2) is 0 Å². The number of carbonyl (C=O) groups excluding carboxylic acids is 1. The third kappa shape index (κ3) is 4.56. The van der Waals surface area contributed by atoms with Crippen molar-refractivity contribution in [3.05, 3.63) is 65.2 Å². The first-order valence-corrected chi connectivity index (χ1v) is 7.30. The van der Waals surface area contributed by atoms with E-state index in [0.717, 1.165) is 5.56 Å². The highest BCUT2D eigenvalue weighted by molar-refractivity contribution is 5.86. The van der Waals surface area contributed by atoms with Crippen LogP contribution in [-0.2, 0) is 11.3 Å². The van der Waals surface area contributed by atoms with Crippen molar-refractivity contribution in [3.8, 4) is 17.6 Å². The summed E-state index contributed by atoms with van der Waals surface area (Å²) < 4.78 is 32.8. The van der Waals surface area contributed by atoms with Gasteiger partial charge in [-0.1, -0.05) is 36.3 Å². The number of hydrogen-bond acceptors (Lipinski definition) is 2. The number of amides is 1. The molecule has 1 N–H and O–H groups in total. The Bertz CT molecular complexity index is 777. The number of rotatable bonds is 4. The van der Waals surface area contributed by atoms with Crippen LogP contribution < -0.4 is 10.1 Å². The molecule has 0 saturated carbocycles. The first kappa shape index (κ1) is 17.5. The topological polar surface area (TPSA) is 38.3 Å². The normalized spacial score (nSPS) is 10.5. The number of aryl methyl sites for hydroxylation is 1. The number of halogens is 2. The molecule has 0 aliphatic carbocycles. The van der Waals surface area contributed by atoms with E-state index in [0.29, 0.717) is 16.9 Å². The minimum absolute atomic E-state index is 0.0263. The minimum atomic E-state index is -3.76. The van der Waals surface area contributed by atoms with Gasteiger partial charge in [0.05, 0.1) is 7.11 Å². The standard InChI is InChI=1S/C19H17F2NO2/c1-14-12-17(24-2)9-8-16(14)10-11-19(20,21)18(23)22-13-15-6-4-3-5-7-15/h3-9,12H,13H2,1-2H3,(H,22,23). The van der Waals surface area contributed by atoms with E-state index < -0.39 is 11.8 Å². The lowest BCUT2D eigenvalue weighted by Gasteiger charge is -2.10. The van der Waals surface area contributed by atoms with Gasteiger partial charge in [-0.05, 0) is 42.2 Å². The highest BCUT2D eigenvalue weighted by Crippen LogP contribution is 2.17. The summed E-state index contributed by atoms with van der Waals surface area (Å²) in [5, 5.41) is 2.20. The summed E-state index contributed by atoms with van der Waals surface area (Å²) in [5.41, 5.74) is 1.86. The third-order valence-corrected chi connectivity index (χ3v) is 3.37. The maximum absolute atomic E-state index is 13.9.